The predicted octanol–water partition coefficient (Wildman–Crippen LogP) is 3.19. The van der Waals surface area contributed by atoms with Crippen LogP contribution in [0.3, 0.4) is 0 Å². The number of benzene rings is 1. The number of hydrogen-bond donors (Lipinski definition) is 1. The molecule has 0 unspecified atom stereocenters. The van der Waals surface area contributed by atoms with Gasteiger partial charge in [-0.25, -0.2) is 0 Å². The van der Waals surface area contributed by atoms with Crippen molar-refractivity contribution >= 4 is 29.0 Å². The van der Waals surface area contributed by atoms with Gasteiger partial charge in [-0.1, -0.05) is 26.0 Å². The third-order valence-corrected chi connectivity index (χ3v) is 2.67. The molecule has 0 aliphatic rings. The van der Waals surface area contributed by atoms with E-state index in [1.165, 1.54) is 6.92 Å². The zero-order chi connectivity index (χ0) is 13.0. The van der Waals surface area contributed by atoms with Crippen molar-refractivity contribution in [3.8, 4) is 0 Å². The first-order valence-corrected chi connectivity index (χ1v) is 5.99. The van der Waals surface area contributed by atoms with E-state index in [1.54, 1.807) is 12.1 Å². The van der Waals surface area contributed by atoms with Crippen LogP contribution in [0.2, 0.25) is 0 Å². The Balaban J connectivity index is 3.18. The summed E-state index contributed by atoms with van der Waals surface area (Å²) in [5.41, 5.74) is 2.21. The average Bonchev–Trinajstić information content (AvgIpc) is 2.26. The molecule has 0 atom stereocenters. The van der Waals surface area contributed by atoms with Crippen molar-refractivity contribution in [2.75, 3.05) is 11.2 Å². The third-order valence-electron chi connectivity index (χ3n) is 2.43. The number of nitrogens with one attached hydrogen (secondary N) is 1. The Morgan fingerprint density at radius 1 is 1.35 bits per heavy atom. The van der Waals surface area contributed by atoms with Gasteiger partial charge < -0.3 is 5.32 Å². The fraction of sp³-hybridized carbons (Fsp3) is 0.385. The van der Waals surface area contributed by atoms with Crippen LogP contribution in [0.15, 0.2) is 18.2 Å². The molecule has 1 aromatic carbocycles. The maximum absolute atomic E-state index is 11.5. The number of Topliss-reactive ketones (excluding diaryl/α,β-unsaturated/α-hetero) is 1. The molecule has 4 heteroatoms. The van der Waals surface area contributed by atoms with Crippen LogP contribution in [0.4, 0.5) is 5.69 Å². The molecule has 0 aliphatic heterocycles. The minimum atomic E-state index is -0.151. The first kappa shape index (κ1) is 13.7. The molecule has 0 aliphatic carbocycles. The van der Waals surface area contributed by atoms with Crippen molar-refractivity contribution < 1.29 is 9.59 Å². The maximum atomic E-state index is 11.5. The minimum absolute atomic E-state index is 0.0550. The number of alkyl halides is 1. The molecule has 0 aromatic heterocycles. The molecule has 0 spiro atoms. The number of ketones is 1. The summed E-state index contributed by atoms with van der Waals surface area (Å²) in [4.78, 5) is 22.6. The first-order chi connectivity index (χ1) is 7.95. The number of amides is 1. The first-order valence-electron chi connectivity index (χ1n) is 5.46. The second kappa shape index (κ2) is 5.82. The van der Waals surface area contributed by atoms with Crippen molar-refractivity contribution in [1.29, 1.82) is 0 Å². The van der Waals surface area contributed by atoms with Crippen molar-refractivity contribution in [1.82, 2.24) is 0 Å². The van der Waals surface area contributed by atoms with Gasteiger partial charge in [-0.15, -0.1) is 11.6 Å². The topological polar surface area (TPSA) is 46.2 Å². The molecular weight excluding hydrogens is 238 g/mol. The van der Waals surface area contributed by atoms with Gasteiger partial charge in [-0.05, 0) is 17.5 Å². The van der Waals surface area contributed by atoms with E-state index in [-0.39, 0.29) is 23.5 Å². The van der Waals surface area contributed by atoms with E-state index < -0.39 is 0 Å². The van der Waals surface area contributed by atoms with E-state index in [2.05, 4.69) is 5.32 Å². The van der Waals surface area contributed by atoms with E-state index in [0.29, 0.717) is 11.3 Å². The molecule has 3 nitrogen and oxygen atoms in total. The Hall–Kier alpha value is -1.35. The summed E-state index contributed by atoms with van der Waals surface area (Å²) in [6.45, 7) is 5.51. The fourth-order valence-electron chi connectivity index (χ4n) is 1.61. The van der Waals surface area contributed by atoms with Gasteiger partial charge in [0.15, 0.2) is 5.78 Å². The molecule has 0 bridgehead atoms. The highest BCUT2D eigenvalue weighted by atomic mass is 35.5. The third kappa shape index (κ3) is 3.56. The normalized spacial score (nSPS) is 10.4. The summed E-state index contributed by atoms with van der Waals surface area (Å²) in [5.74, 6) is -0.0754. The Bertz CT molecular complexity index is 441. The maximum Gasteiger partial charge on any atom is 0.221 e. The van der Waals surface area contributed by atoms with Gasteiger partial charge in [0, 0.05) is 18.2 Å². The average molecular weight is 254 g/mol. The largest absolute Gasteiger partial charge is 0.326 e. The van der Waals surface area contributed by atoms with Crippen LogP contribution in [-0.4, -0.2) is 17.6 Å². The molecule has 92 valence electrons. The molecular formula is C13H16ClNO2. The van der Waals surface area contributed by atoms with E-state index in [4.69, 9.17) is 11.6 Å². The van der Waals surface area contributed by atoms with Crippen LogP contribution in [0.25, 0.3) is 0 Å². The Morgan fingerprint density at radius 2 is 2.00 bits per heavy atom. The van der Waals surface area contributed by atoms with Gasteiger partial charge >= 0.3 is 0 Å². The standard InChI is InChI=1S/C13H16ClNO2/c1-8(2)11-5-4-10(13(17)7-14)6-12(11)15-9(3)16/h4-6,8H,7H2,1-3H3,(H,15,16). The summed E-state index contributed by atoms with van der Waals surface area (Å²) in [6, 6.07) is 5.28. The summed E-state index contributed by atoms with van der Waals surface area (Å²) < 4.78 is 0. The highest BCUT2D eigenvalue weighted by Crippen LogP contribution is 2.25. The minimum Gasteiger partial charge on any atom is -0.326 e. The summed E-state index contributed by atoms with van der Waals surface area (Å²) in [7, 11) is 0. The Labute approximate surface area is 106 Å². The second-order valence-electron chi connectivity index (χ2n) is 4.19. The zero-order valence-corrected chi connectivity index (χ0v) is 11.0. The Kier molecular flexibility index (Phi) is 4.70. The van der Waals surface area contributed by atoms with Crippen LogP contribution >= 0.6 is 11.6 Å². The number of carbonyl (C=O) groups excluding carboxylic acids is 2. The summed E-state index contributed by atoms with van der Waals surface area (Å²) in [5, 5.41) is 2.74. The van der Waals surface area contributed by atoms with Crippen molar-refractivity contribution in [3.05, 3.63) is 29.3 Å². The van der Waals surface area contributed by atoms with Gasteiger partial charge in [-0.3, -0.25) is 9.59 Å². The molecule has 1 aromatic rings. The van der Waals surface area contributed by atoms with Crippen molar-refractivity contribution in [2.45, 2.75) is 26.7 Å². The monoisotopic (exact) mass is 253 g/mol. The second-order valence-corrected chi connectivity index (χ2v) is 4.46. The molecule has 0 saturated carbocycles. The van der Waals surface area contributed by atoms with Crippen LogP contribution in [0.1, 0.15) is 42.6 Å². The van der Waals surface area contributed by atoms with E-state index in [9.17, 15) is 9.59 Å². The van der Waals surface area contributed by atoms with Gasteiger partial charge in [-0.2, -0.15) is 0 Å². The van der Waals surface area contributed by atoms with Crippen LogP contribution in [-0.2, 0) is 4.79 Å². The molecule has 0 saturated heterocycles. The lowest BCUT2D eigenvalue weighted by molar-refractivity contribution is -0.114. The highest BCUT2D eigenvalue weighted by molar-refractivity contribution is 6.30. The SMILES string of the molecule is CC(=O)Nc1cc(C(=O)CCl)ccc1C(C)C. The van der Waals surface area contributed by atoms with Crippen molar-refractivity contribution in [2.24, 2.45) is 0 Å². The fourth-order valence-corrected chi connectivity index (χ4v) is 1.76. The molecule has 0 radical (unpaired) electrons. The lowest BCUT2D eigenvalue weighted by Gasteiger charge is -2.14. The highest BCUT2D eigenvalue weighted by Gasteiger charge is 2.11. The number of halogens is 1. The molecule has 1 rings (SSSR count). The van der Waals surface area contributed by atoms with Gasteiger partial charge in [0.05, 0.1) is 5.88 Å². The van der Waals surface area contributed by atoms with E-state index in [0.717, 1.165) is 5.56 Å². The van der Waals surface area contributed by atoms with Crippen molar-refractivity contribution in [3.63, 3.8) is 0 Å². The molecule has 17 heavy (non-hydrogen) atoms. The molecule has 1 amide bonds. The lowest BCUT2D eigenvalue weighted by Crippen LogP contribution is -2.10. The smallest absolute Gasteiger partial charge is 0.221 e. The molecule has 1 N–H and O–H groups in total. The van der Waals surface area contributed by atoms with Gasteiger partial charge in [0.25, 0.3) is 0 Å². The number of rotatable bonds is 4. The number of anilines is 1. The van der Waals surface area contributed by atoms with E-state index >= 15 is 0 Å². The number of hydrogen-bond acceptors (Lipinski definition) is 2. The Morgan fingerprint density at radius 3 is 2.47 bits per heavy atom. The number of carbonyl (C=O) groups is 2. The molecule has 0 fully saturated rings. The van der Waals surface area contributed by atoms with Gasteiger partial charge in [0.1, 0.15) is 0 Å². The molecule has 0 heterocycles. The van der Waals surface area contributed by atoms with Crippen LogP contribution < -0.4 is 5.32 Å². The van der Waals surface area contributed by atoms with E-state index in [1.807, 2.05) is 19.9 Å². The zero-order valence-electron chi connectivity index (χ0n) is 10.2. The predicted molar refractivity (Wildman–Crippen MR) is 69.9 cm³/mol. The quantitative estimate of drug-likeness (QED) is 0.662. The summed E-state index contributed by atoms with van der Waals surface area (Å²) in [6.07, 6.45) is 0. The van der Waals surface area contributed by atoms with Crippen LogP contribution in [0, 0.1) is 0 Å². The summed E-state index contributed by atoms with van der Waals surface area (Å²) >= 11 is 5.51. The van der Waals surface area contributed by atoms with Crippen LogP contribution in [0.5, 0.6) is 0 Å². The lowest BCUT2D eigenvalue weighted by atomic mass is 9.98. The van der Waals surface area contributed by atoms with Gasteiger partial charge in [0.2, 0.25) is 5.91 Å².